The quantitative estimate of drug-likeness (QED) is 0.315. The van der Waals surface area contributed by atoms with Crippen LogP contribution >= 0.6 is 0 Å². The van der Waals surface area contributed by atoms with Crippen LogP contribution in [0.15, 0.2) is 12.7 Å². The highest BCUT2D eigenvalue weighted by Crippen LogP contribution is 2.26. The molecule has 0 rings (SSSR count). The van der Waals surface area contributed by atoms with Crippen molar-refractivity contribution in [2.24, 2.45) is 5.92 Å². The summed E-state index contributed by atoms with van der Waals surface area (Å²) in [5.74, 6) is -0.627. The van der Waals surface area contributed by atoms with Crippen LogP contribution in [-0.2, 0) is 24.1 Å². The number of ether oxygens (including phenoxy) is 1. The summed E-state index contributed by atoms with van der Waals surface area (Å²) >= 11 is 0. The van der Waals surface area contributed by atoms with Crippen molar-refractivity contribution in [3.05, 3.63) is 12.7 Å². The van der Waals surface area contributed by atoms with Crippen molar-refractivity contribution in [1.82, 2.24) is 0 Å². The third kappa shape index (κ3) is 7.41. The van der Waals surface area contributed by atoms with Gasteiger partial charge in [-0.1, -0.05) is 13.5 Å². The van der Waals surface area contributed by atoms with E-state index >= 15 is 0 Å². The minimum Gasteiger partial charge on any atom is -0.463 e. The molecule has 1 N–H and O–H groups in total. The van der Waals surface area contributed by atoms with E-state index in [4.69, 9.17) is 9.29 Å². The van der Waals surface area contributed by atoms with Crippen LogP contribution in [0.3, 0.4) is 0 Å². The van der Waals surface area contributed by atoms with Crippen molar-refractivity contribution in [2.75, 3.05) is 6.61 Å². The van der Waals surface area contributed by atoms with Gasteiger partial charge >= 0.3 is 16.4 Å². The zero-order chi connectivity index (χ0) is 14.4. The van der Waals surface area contributed by atoms with Gasteiger partial charge in [0.1, 0.15) is 0 Å². The van der Waals surface area contributed by atoms with Gasteiger partial charge in [0.15, 0.2) is 0 Å². The third-order valence-corrected chi connectivity index (χ3v) is 3.34. The molecule has 0 aromatic heterocycles. The minimum atomic E-state index is -4.47. The Hall–Kier alpha value is -0.920. The molecule has 106 valence electrons. The molecule has 0 saturated heterocycles. The highest BCUT2D eigenvalue weighted by Gasteiger charge is 2.31. The third-order valence-electron chi connectivity index (χ3n) is 2.70. The zero-order valence-electron chi connectivity index (χ0n) is 10.9. The fourth-order valence-electron chi connectivity index (χ4n) is 1.32. The summed E-state index contributed by atoms with van der Waals surface area (Å²) in [6.07, 6.45) is 2.24. The topological polar surface area (TPSA) is 89.9 Å². The fourth-order valence-corrected chi connectivity index (χ4v) is 2.03. The first-order valence-electron chi connectivity index (χ1n) is 5.55. The summed E-state index contributed by atoms with van der Waals surface area (Å²) in [6.45, 7) is 8.43. The number of esters is 1. The van der Waals surface area contributed by atoms with Crippen LogP contribution < -0.4 is 0 Å². The second kappa shape index (κ2) is 6.86. The van der Waals surface area contributed by atoms with Crippen LogP contribution in [-0.4, -0.2) is 31.1 Å². The molecule has 0 saturated carbocycles. The normalized spacial score (nSPS) is 14.0. The molecule has 0 bridgehead atoms. The molecule has 0 aliphatic carbocycles. The predicted octanol–water partition coefficient (Wildman–Crippen LogP) is 1.73. The largest absolute Gasteiger partial charge is 0.463 e. The maximum Gasteiger partial charge on any atom is 0.397 e. The van der Waals surface area contributed by atoms with E-state index in [2.05, 4.69) is 10.8 Å². The first-order valence-corrected chi connectivity index (χ1v) is 6.92. The molecule has 7 heteroatoms. The summed E-state index contributed by atoms with van der Waals surface area (Å²) in [7, 11) is -4.47. The molecule has 6 nitrogen and oxygen atoms in total. The number of hydrogen-bond donors (Lipinski definition) is 1. The van der Waals surface area contributed by atoms with Gasteiger partial charge in [-0.15, -0.1) is 0 Å². The smallest absolute Gasteiger partial charge is 0.397 e. The summed E-state index contributed by atoms with van der Waals surface area (Å²) in [5.41, 5.74) is -1.02. The Morgan fingerprint density at radius 3 is 2.50 bits per heavy atom. The molecule has 0 heterocycles. The molecule has 0 fully saturated rings. The minimum absolute atomic E-state index is 0.137. The maximum absolute atomic E-state index is 10.8. The molecular formula is C11H20O6S. The van der Waals surface area contributed by atoms with E-state index in [-0.39, 0.29) is 12.5 Å². The number of rotatable bonds is 8. The molecule has 0 spiro atoms. The summed E-state index contributed by atoms with van der Waals surface area (Å²) in [4.78, 5) is 10.8. The van der Waals surface area contributed by atoms with Gasteiger partial charge in [-0.05, 0) is 32.6 Å². The van der Waals surface area contributed by atoms with Gasteiger partial charge < -0.3 is 4.74 Å². The van der Waals surface area contributed by atoms with Crippen LogP contribution in [0.5, 0.6) is 0 Å². The lowest BCUT2D eigenvalue weighted by Crippen LogP contribution is -2.35. The van der Waals surface area contributed by atoms with Crippen LogP contribution in [0, 0.1) is 5.92 Å². The SMILES string of the molecule is C=CC(=O)OCCCC(C)C(C)(C)OS(=O)(=O)O. The van der Waals surface area contributed by atoms with E-state index < -0.39 is 22.0 Å². The lowest BCUT2D eigenvalue weighted by molar-refractivity contribution is -0.137. The Bertz CT molecular complexity index is 384. The molecule has 0 aromatic rings. The predicted molar refractivity (Wildman–Crippen MR) is 66.3 cm³/mol. The van der Waals surface area contributed by atoms with Crippen molar-refractivity contribution < 1.29 is 26.7 Å². The number of hydrogen-bond acceptors (Lipinski definition) is 5. The molecule has 0 amide bonds. The van der Waals surface area contributed by atoms with E-state index in [1.165, 1.54) is 0 Å². The molecule has 0 radical (unpaired) electrons. The number of carbonyl (C=O) groups excluding carboxylic acids is 1. The Balaban J connectivity index is 4.11. The van der Waals surface area contributed by atoms with E-state index in [0.717, 1.165) is 6.08 Å². The zero-order valence-corrected chi connectivity index (χ0v) is 11.7. The first-order chi connectivity index (χ1) is 8.08. The molecule has 18 heavy (non-hydrogen) atoms. The van der Waals surface area contributed by atoms with E-state index in [0.29, 0.717) is 12.8 Å². The van der Waals surface area contributed by atoms with Crippen LogP contribution in [0.4, 0.5) is 0 Å². The molecule has 0 aliphatic rings. The van der Waals surface area contributed by atoms with Gasteiger partial charge in [0, 0.05) is 6.08 Å². The summed E-state index contributed by atoms with van der Waals surface area (Å²) in [6, 6.07) is 0. The Morgan fingerprint density at radius 1 is 1.50 bits per heavy atom. The maximum atomic E-state index is 10.8. The van der Waals surface area contributed by atoms with Gasteiger partial charge in [0.2, 0.25) is 0 Å². The van der Waals surface area contributed by atoms with Gasteiger partial charge in [-0.2, -0.15) is 8.42 Å². The molecular weight excluding hydrogens is 260 g/mol. The van der Waals surface area contributed by atoms with E-state index in [1.54, 1.807) is 20.8 Å². The van der Waals surface area contributed by atoms with Crippen molar-refractivity contribution >= 4 is 16.4 Å². The van der Waals surface area contributed by atoms with Gasteiger partial charge in [0.25, 0.3) is 0 Å². The van der Waals surface area contributed by atoms with Gasteiger partial charge in [-0.25, -0.2) is 8.98 Å². The second-order valence-electron chi connectivity index (χ2n) is 4.53. The van der Waals surface area contributed by atoms with Gasteiger partial charge in [0.05, 0.1) is 12.2 Å². The monoisotopic (exact) mass is 280 g/mol. The van der Waals surface area contributed by atoms with Crippen molar-refractivity contribution in [2.45, 2.75) is 39.2 Å². The average molecular weight is 280 g/mol. The van der Waals surface area contributed by atoms with E-state index in [1.807, 2.05) is 0 Å². The average Bonchev–Trinajstić information content (AvgIpc) is 2.20. The highest BCUT2D eigenvalue weighted by molar-refractivity contribution is 7.80. The standard InChI is InChI=1S/C11H20O6S/c1-5-10(12)16-8-6-7-9(2)11(3,4)17-18(13,14)15/h5,9H,1,6-8H2,2-4H3,(H,13,14,15). The Kier molecular flexibility index (Phi) is 6.51. The van der Waals surface area contributed by atoms with Crippen LogP contribution in [0.1, 0.15) is 33.6 Å². The highest BCUT2D eigenvalue weighted by atomic mass is 32.3. The second-order valence-corrected chi connectivity index (χ2v) is 5.55. The molecule has 0 aliphatic heterocycles. The van der Waals surface area contributed by atoms with Gasteiger partial charge in [-0.3, -0.25) is 4.55 Å². The van der Waals surface area contributed by atoms with E-state index in [9.17, 15) is 13.2 Å². The fraction of sp³-hybridized carbons (Fsp3) is 0.727. The molecule has 1 atom stereocenters. The van der Waals surface area contributed by atoms with Crippen molar-refractivity contribution in [3.8, 4) is 0 Å². The Morgan fingerprint density at radius 2 is 2.06 bits per heavy atom. The number of carbonyl (C=O) groups is 1. The Labute approximate surface area is 108 Å². The first kappa shape index (κ1) is 17.1. The van der Waals surface area contributed by atoms with Crippen molar-refractivity contribution in [3.63, 3.8) is 0 Å². The van der Waals surface area contributed by atoms with Crippen LogP contribution in [0.25, 0.3) is 0 Å². The van der Waals surface area contributed by atoms with Crippen LogP contribution in [0.2, 0.25) is 0 Å². The van der Waals surface area contributed by atoms with Crippen molar-refractivity contribution in [1.29, 1.82) is 0 Å². The summed E-state index contributed by atoms with van der Waals surface area (Å²) in [5, 5.41) is 0. The molecule has 0 aromatic carbocycles. The molecule has 1 unspecified atom stereocenters. The summed E-state index contributed by atoms with van der Waals surface area (Å²) < 4.78 is 39.4. The lowest BCUT2D eigenvalue weighted by Gasteiger charge is -2.29. The lowest BCUT2D eigenvalue weighted by atomic mass is 9.89.